The van der Waals surface area contributed by atoms with Crippen molar-refractivity contribution < 1.29 is 8.78 Å². The van der Waals surface area contributed by atoms with Crippen molar-refractivity contribution in [3.05, 3.63) is 35.6 Å². The van der Waals surface area contributed by atoms with Gasteiger partial charge in [-0.1, -0.05) is 6.08 Å². The number of rotatable bonds is 1. The Morgan fingerprint density at radius 2 is 1.86 bits per heavy atom. The van der Waals surface area contributed by atoms with Gasteiger partial charge in [-0.2, -0.15) is 0 Å². The van der Waals surface area contributed by atoms with Crippen molar-refractivity contribution in [2.45, 2.75) is 6.42 Å². The van der Waals surface area contributed by atoms with Crippen LogP contribution in [0.1, 0.15) is 6.42 Å². The molecule has 1 aliphatic carbocycles. The van der Waals surface area contributed by atoms with E-state index in [-0.39, 0.29) is 24.0 Å². The lowest BCUT2D eigenvalue weighted by molar-refractivity contribution is 0.212. The van der Waals surface area contributed by atoms with Gasteiger partial charge in [0.05, 0.1) is 0 Å². The zero-order valence-electron chi connectivity index (χ0n) is 12.4. The number of likely N-dealkylation sites (N-methyl/N-ethyl adjacent to an activating group) is 1. The molecule has 1 heterocycles. The van der Waals surface area contributed by atoms with Crippen LogP contribution in [0.5, 0.6) is 0 Å². The molecule has 0 bridgehead atoms. The molecule has 1 saturated heterocycles. The summed E-state index contributed by atoms with van der Waals surface area (Å²) in [7, 11) is 2.02. The molecule has 0 radical (unpaired) electrons. The van der Waals surface area contributed by atoms with E-state index in [1.807, 2.05) is 11.9 Å². The summed E-state index contributed by atoms with van der Waals surface area (Å²) in [6, 6.07) is 0. The minimum absolute atomic E-state index is 0.106. The third-order valence-electron chi connectivity index (χ3n) is 3.47. The van der Waals surface area contributed by atoms with E-state index < -0.39 is 11.7 Å². The number of hydrogen-bond acceptors (Lipinski definition) is 3. The molecular formula is C14H20F2N6. The van der Waals surface area contributed by atoms with Crippen LogP contribution in [-0.2, 0) is 0 Å². The molecule has 0 unspecified atom stereocenters. The lowest BCUT2D eigenvalue weighted by Crippen LogP contribution is -2.53. The van der Waals surface area contributed by atoms with E-state index in [0.29, 0.717) is 13.1 Å². The zero-order chi connectivity index (χ0) is 16.1. The molecule has 8 heteroatoms. The van der Waals surface area contributed by atoms with Gasteiger partial charge in [-0.05, 0) is 13.1 Å². The van der Waals surface area contributed by atoms with Gasteiger partial charge in [0.15, 0.2) is 17.7 Å². The number of nitrogens with one attached hydrogen (secondary N) is 4. The first-order valence-corrected chi connectivity index (χ1v) is 7.02. The van der Waals surface area contributed by atoms with Crippen molar-refractivity contribution in [1.82, 2.24) is 20.4 Å². The summed E-state index contributed by atoms with van der Waals surface area (Å²) in [5.41, 5.74) is 0.258. The summed E-state index contributed by atoms with van der Waals surface area (Å²) in [6.07, 6.45) is 3.86. The molecule has 0 spiro atoms. The van der Waals surface area contributed by atoms with Crippen LogP contribution >= 0.6 is 0 Å². The Balaban J connectivity index is 1.88. The molecule has 4 N–H and O–H groups in total. The molecule has 6 nitrogen and oxygen atoms in total. The number of allylic oxidation sites excluding steroid dienone is 5. The first kappa shape index (κ1) is 16.2. The van der Waals surface area contributed by atoms with Gasteiger partial charge >= 0.3 is 0 Å². The largest absolute Gasteiger partial charge is 0.340 e. The number of halogens is 2. The van der Waals surface area contributed by atoms with Crippen LogP contribution in [0.4, 0.5) is 8.78 Å². The summed E-state index contributed by atoms with van der Waals surface area (Å²) in [6.45, 7) is 3.13. The van der Waals surface area contributed by atoms with E-state index in [4.69, 9.17) is 10.8 Å². The molecule has 0 aromatic heterocycles. The van der Waals surface area contributed by atoms with Gasteiger partial charge in [0.25, 0.3) is 0 Å². The second kappa shape index (κ2) is 7.17. The summed E-state index contributed by atoms with van der Waals surface area (Å²) >= 11 is 0. The van der Waals surface area contributed by atoms with Gasteiger partial charge < -0.3 is 15.1 Å². The first-order valence-electron chi connectivity index (χ1n) is 7.02. The number of nitrogens with zero attached hydrogens (tertiary/aromatic N) is 2. The van der Waals surface area contributed by atoms with Crippen LogP contribution in [0, 0.1) is 10.8 Å². The number of piperazine rings is 1. The summed E-state index contributed by atoms with van der Waals surface area (Å²) in [5.74, 6) is -1.83. The fourth-order valence-corrected chi connectivity index (χ4v) is 2.13. The molecule has 0 saturated carbocycles. The normalized spacial score (nSPS) is 19.6. The van der Waals surface area contributed by atoms with E-state index in [0.717, 1.165) is 19.2 Å². The second-order valence-corrected chi connectivity index (χ2v) is 5.22. The van der Waals surface area contributed by atoms with Crippen molar-refractivity contribution in [3.63, 3.8) is 0 Å². The highest BCUT2D eigenvalue weighted by Crippen LogP contribution is 2.18. The van der Waals surface area contributed by atoms with Crippen LogP contribution in [-0.4, -0.2) is 54.9 Å². The minimum Gasteiger partial charge on any atom is -0.340 e. The fraction of sp³-hybridized carbons (Fsp3) is 0.429. The zero-order valence-corrected chi connectivity index (χ0v) is 12.4. The monoisotopic (exact) mass is 310 g/mol. The number of guanidine groups is 2. The van der Waals surface area contributed by atoms with E-state index in [9.17, 15) is 8.78 Å². The predicted octanol–water partition coefficient (Wildman–Crippen LogP) is 1.28. The highest BCUT2D eigenvalue weighted by Gasteiger charge is 2.17. The topological polar surface area (TPSA) is 78.2 Å². The maximum atomic E-state index is 13.3. The van der Waals surface area contributed by atoms with Crippen LogP contribution in [0.25, 0.3) is 0 Å². The van der Waals surface area contributed by atoms with Crippen molar-refractivity contribution in [2.24, 2.45) is 0 Å². The Kier molecular flexibility index (Phi) is 5.26. The average molecular weight is 310 g/mol. The molecule has 1 aliphatic heterocycles. The molecular weight excluding hydrogens is 290 g/mol. The highest BCUT2D eigenvalue weighted by molar-refractivity contribution is 5.96. The van der Waals surface area contributed by atoms with Gasteiger partial charge in [0.1, 0.15) is 5.83 Å². The van der Waals surface area contributed by atoms with E-state index in [1.54, 1.807) is 0 Å². The predicted molar refractivity (Wildman–Crippen MR) is 81.9 cm³/mol. The minimum atomic E-state index is -0.950. The van der Waals surface area contributed by atoms with Crippen LogP contribution in [0.3, 0.4) is 0 Å². The molecule has 2 rings (SSSR count). The Morgan fingerprint density at radius 1 is 1.18 bits per heavy atom. The van der Waals surface area contributed by atoms with Gasteiger partial charge in [-0.25, -0.2) is 8.78 Å². The summed E-state index contributed by atoms with van der Waals surface area (Å²) in [4.78, 5) is 3.99. The molecule has 0 aromatic carbocycles. The lowest BCUT2D eigenvalue weighted by atomic mass is 10.3. The van der Waals surface area contributed by atoms with Crippen LogP contribution in [0.15, 0.2) is 35.6 Å². The van der Waals surface area contributed by atoms with E-state index in [1.165, 1.54) is 12.2 Å². The first-order chi connectivity index (χ1) is 10.5. The highest BCUT2D eigenvalue weighted by atomic mass is 19.2. The Morgan fingerprint density at radius 3 is 2.55 bits per heavy atom. The number of hydrogen-bond donors (Lipinski definition) is 4. The van der Waals surface area contributed by atoms with Crippen molar-refractivity contribution in [2.75, 3.05) is 33.2 Å². The second-order valence-electron chi connectivity index (χ2n) is 5.22. The lowest BCUT2D eigenvalue weighted by Gasteiger charge is -2.34. The van der Waals surface area contributed by atoms with Gasteiger partial charge in [0.2, 0.25) is 0 Å². The van der Waals surface area contributed by atoms with Gasteiger partial charge in [-0.15, -0.1) is 0 Å². The maximum absolute atomic E-state index is 13.3. The van der Waals surface area contributed by atoms with Gasteiger partial charge in [-0.3, -0.25) is 16.1 Å². The Hall–Kier alpha value is -2.22. The van der Waals surface area contributed by atoms with Crippen molar-refractivity contribution >= 4 is 11.9 Å². The standard InChI is InChI=1S/C14H20F2N6/c1-21-5-7-22(8-6-21)14(18)20-13(17)19-10-3-2-4-11(15)12(16)9-10/h2-3,9H,4-8H2,1H3,(H4,17,18,19,20). The summed E-state index contributed by atoms with van der Waals surface area (Å²) in [5, 5.41) is 21.0. The molecule has 22 heavy (non-hydrogen) atoms. The van der Waals surface area contributed by atoms with E-state index in [2.05, 4.69) is 15.5 Å². The Bertz CT molecular complexity index is 544. The smallest absolute Gasteiger partial charge is 0.199 e. The molecule has 0 amide bonds. The fourth-order valence-electron chi connectivity index (χ4n) is 2.13. The van der Waals surface area contributed by atoms with Crippen molar-refractivity contribution in [1.29, 1.82) is 10.8 Å². The van der Waals surface area contributed by atoms with Crippen LogP contribution < -0.4 is 10.6 Å². The molecule has 1 fully saturated rings. The molecule has 120 valence electrons. The molecule has 0 atom stereocenters. The van der Waals surface area contributed by atoms with Crippen molar-refractivity contribution in [3.8, 4) is 0 Å². The van der Waals surface area contributed by atoms with Crippen LogP contribution in [0.2, 0.25) is 0 Å². The Labute approximate surface area is 128 Å². The quantitative estimate of drug-likeness (QED) is 0.434. The third-order valence-corrected chi connectivity index (χ3v) is 3.47. The SMILES string of the molecule is CN1CCN(C(=N)NC(=N)NC2=CC(F)=C(F)CC=C2)CC1. The van der Waals surface area contributed by atoms with Gasteiger partial charge in [0, 0.05) is 44.4 Å². The summed E-state index contributed by atoms with van der Waals surface area (Å²) < 4.78 is 26.4. The third kappa shape index (κ3) is 4.39. The van der Waals surface area contributed by atoms with E-state index >= 15 is 0 Å². The average Bonchev–Trinajstić information content (AvgIpc) is 2.61. The molecule has 0 aromatic rings. The maximum Gasteiger partial charge on any atom is 0.199 e. The molecule has 2 aliphatic rings.